The number of hydrogen-bond donors (Lipinski definition) is 2. The lowest BCUT2D eigenvalue weighted by atomic mass is 9.98. The van der Waals surface area contributed by atoms with Crippen LogP contribution < -0.4 is 0 Å². The number of phenols is 1. The number of nitrogens with zero attached hydrogens (tertiary/aromatic N) is 1. The Labute approximate surface area is 157 Å². The number of phenolic OH excluding ortho intramolecular Hbond substituents is 1. The van der Waals surface area contributed by atoms with Crippen LogP contribution in [0.15, 0.2) is 30.3 Å². The zero-order valence-corrected chi connectivity index (χ0v) is 15.0. The first kappa shape index (κ1) is 19.5. The number of carboxylic acids is 1. The van der Waals surface area contributed by atoms with Crippen LogP contribution >= 0.6 is 0 Å². The summed E-state index contributed by atoms with van der Waals surface area (Å²) in [4.78, 5) is 24.2. The maximum atomic E-state index is 14.0. The number of carbonyl (C=O) groups excluding carboxylic acids is 1. The topological polar surface area (TPSA) is 79.5 Å². The zero-order chi connectivity index (χ0) is 20.7. The van der Waals surface area contributed by atoms with Gasteiger partial charge in [0.2, 0.25) is 0 Å². The highest BCUT2D eigenvalue weighted by Gasteiger charge is 2.24. The number of aromatic nitrogens is 1. The second-order valence-corrected chi connectivity index (χ2v) is 6.60. The predicted molar refractivity (Wildman–Crippen MR) is 94.9 cm³/mol. The molecule has 0 aliphatic rings. The van der Waals surface area contributed by atoms with Crippen LogP contribution in [0.1, 0.15) is 28.5 Å². The normalized spacial score (nSPS) is 12.3. The third-order valence-corrected chi connectivity index (χ3v) is 4.70. The van der Waals surface area contributed by atoms with Crippen molar-refractivity contribution in [3.63, 3.8) is 0 Å². The Morgan fingerprint density at radius 2 is 1.75 bits per heavy atom. The molecule has 0 saturated heterocycles. The Bertz CT molecular complexity index is 1120. The molecule has 8 heteroatoms. The first-order valence-electron chi connectivity index (χ1n) is 8.36. The molecule has 2 N–H and O–H groups in total. The number of halogens is 3. The number of benzene rings is 2. The number of hydrogen-bond acceptors (Lipinski definition) is 3. The van der Waals surface area contributed by atoms with E-state index in [1.54, 1.807) is 0 Å². The van der Waals surface area contributed by atoms with Gasteiger partial charge in [0, 0.05) is 22.7 Å². The van der Waals surface area contributed by atoms with E-state index in [0.717, 1.165) is 34.9 Å². The number of fused-ring (bicyclic) bond motifs is 1. The average Bonchev–Trinajstić information content (AvgIpc) is 2.88. The molecule has 1 unspecified atom stereocenters. The van der Waals surface area contributed by atoms with Gasteiger partial charge in [-0.05, 0) is 43.2 Å². The van der Waals surface area contributed by atoms with Crippen molar-refractivity contribution in [3.05, 3.63) is 64.6 Å². The fraction of sp³-hybridized carbons (Fsp3) is 0.200. The number of aromatic hydroxyl groups is 1. The summed E-state index contributed by atoms with van der Waals surface area (Å²) in [5.74, 6) is -6.53. The number of carboxylic acid groups (broad SMARTS) is 1. The van der Waals surface area contributed by atoms with Crippen LogP contribution in [0.5, 0.6) is 5.75 Å². The van der Waals surface area contributed by atoms with E-state index in [2.05, 4.69) is 0 Å². The second kappa shape index (κ2) is 7.03. The molecule has 2 aromatic carbocycles. The van der Waals surface area contributed by atoms with E-state index >= 15 is 0 Å². The molecule has 0 aliphatic carbocycles. The van der Waals surface area contributed by atoms with Crippen LogP contribution in [0.25, 0.3) is 10.9 Å². The summed E-state index contributed by atoms with van der Waals surface area (Å²) >= 11 is 0. The van der Waals surface area contributed by atoms with Crippen LogP contribution in [0.4, 0.5) is 13.2 Å². The van der Waals surface area contributed by atoms with Crippen LogP contribution in [0.3, 0.4) is 0 Å². The van der Waals surface area contributed by atoms with Gasteiger partial charge < -0.3 is 10.2 Å². The van der Waals surface area contributed by atoms with Crippen molar-refractivity contribution in [1.82, 2.24) is 4.57 Å². The van der Waals surface area contributed by atoms with E-state index in [-0.39, 0.29) is 17.5 Å². The highest BCUT2D eigenvalue weighted by molar-refractivity contribution is 6.04. The van der Waals surface area contributed by atoms with E-state index < -0.39 is 41.0 Å². The fourth-order valence-corrected chi connectivity index (χ4v) is 3.16. The number of aliphatic carboxylic acids is 1. The van der Waals surface area contributed by atoms with E-state index in [0.29, 0.717) is 16.6 Å². The maximum absolute atomic E-state index is 14.0. The zero-order valence-electron chi connectivity index (χ0n) is 15.0. The van der Waals surface area contributed by atoms with Gasteiger partial charge in [0.1, 0.15) is 0 Å². The van der Waals surface area contributed by atoms with Crippen molar-refractivity contribution in [2.75, 3.05) is 0 Å². The highest BCUT2D eigenvalue weighted by atomic mass is 19.2. The van der Waals surface area contributed by atoms with Crippen molar-refractivity contribution in [2.45, 2.75) is 20.3 Å². The quantitative estimate of drug-likeness (QED) is 0.704. The van der Waals surface area contributed by atoms with Crippen LogP contribution in [0.2, 0.25) is 0 Å². The molecule has 3 aromatic rings. The van der Waals surface area contributed by atoms with Crippen molar-refractivity contribution < 1.29 is 33.0 Å². The van der Waals surface area contributed by atoms with Gasteiger partial charge in [-0.15, -0.1) is 0 Å². The molecule has 5 nitrogen and oxygen atoms in total. The molecule has 0 aliphatic heterocycles. The standard InChI is InChI=1S/C20H16F3NO4/c1-9(20(27)28)5-12-10(2)24(17-8-16(23)18(25)7-13(12)17)19(26)11-3-4-14(21)15(22)6-11/h3-4,6-9,25H,5H2,1-2H3,(H,27,28). The van der Waals surface area contributed by atoms with Gasteiger partial charge in [-0.3, -0.25) is 14.2 Å². The first-order chi connectivity index (χ1) is 13.1. The summed E-state index contributed by atoms with van der Waals surface area (Å²) < 4.78 is 41.8. The Hall–Kier alpha value is -3.29. The SMILES string of the molecule is Cc1c(CC(C)C(=O)O)c2cc(O)c(F)cc2n1C(=O)c1ccc(F)c(F)c1. The smallest absolute Gasteiger partial charge is 0.306 e. The highest BCUT2D eigenvalue weighted by Crippen LogP contribution is 2.33. The molecule has 0 spiro atoms. The summed E-state index contributed by atoms with van der Waals surface area (Å²) in [6.45, 7) is 3.02. The molecule has 0 fully saturated rings. The molecule has 0 amide bonds. The predicted octanol–water partition coefficient (Wildman–Crippen LogP) is 4.02. The van der Waals surface area contributed by atoms with Crippen LogP contribution in [-0.4, -0.2) is 26.7 Å². The molecule has 1 atom stereocenters. The minimum Gasteiger partial charge on any atom is -0.505 e. The van der Waals surface area contributed by atoms with E-state index in [9.17, 15) is 33.0 Å². The lowest BCUT2D eigenvalue weighted by molar-refractivity contribution is -0.141. The van der Waals surface area contributed by atoms with Crippen molar-refractivity contribution in [1.29, 1.82) is 0 Å². The van der Waals surface area contributed by atoms with Crippen molar-refractivity contribution >= 4 is 22.8 Å². The molecular weight excluding hydrogens is 375 g/mol. The molecule has 0 saturated carbocycles. The lowest BCUT2D eigenvalue weighted by Gasteiger charge is -2.09. The summed E-state index contributed by atoms with van der Waals surface area (Å²) in [6.07, 6.45) is 0.0286. The molecule has 28 heavy (non-hydrogen) atoms. The van der Waals surface area contributed by atoms with Gasteiger partial charge >= 0.3 is 5.97 Å². The summed E-state index contributed by atoms with van der Waals surface area (Å²) in [6, 6.07) is 4.71. The fourth-order valence-electron chi connectivity index (χ4n) is 3.16. The molecular formula is C20H16F3NO4. The number of carbonyl (C=O) groups is 2. The molecule has 0 bridgehead atoms. The van der Waals surface area contributed by atoms with Crippen molar-refractivity contribution in [3.8, 4) is 5.75 Å². The Balaban J connectivity index is 2.25. The second-order valence-electron chi connectivity index (χ2n) is 6.60. The van der Waals surface area contributed by atoms with Gasteiger partial charge in [0.15, 0.2) is 23.2 Å². The van der Waals surface area contributed by atoms with Crippen molar-refractivity contribution in [2.24, 2.45) is 5.92 Å². The number of rotatable bonds is 4. The van der Waals surface area contributed by atoms with Crippen LogP contribution in [0, 0.1) is 30.3 Å². The van der Waals surface area contributed by atoms with Gasteiger partial charge in [-0.25, -0.2) is 13.2 Å². The Morgan fingerprint density at radius 3 is 2.36 bits per heavy atom. The van der Waals surface area contributed by atoms with Gasteiger partial charge in [-0.2, -0.15) is 0 Å². The summed E-state index contributed by atoms with van der Waals surface area (Å²) in [5, 5.41) is 19.2. The lowest BCUT2D eigenvalue weighted by Crippen LogP contribution is -2.16. The molecule has 1 aromatic heterocycles. The van der Waals surface area contributed by atoms with E-state index in [1.165, 1.54) is 13.8 Å². The van der Waals surface area contributed by atoms with Gasteiger partial charge in [0.05, 0.1) is 11.4 Å². The Kier molecular flexibility index (Phi) is 4.89. The molecule has 1 heterocycles. The minimum absolute atomic E-state index is 0.0286. The maximum Gasteiger partial charge on any atom is 0.306 e. The summed E-state index contributed by atoms with van der Waals surface area (Å²) in [7, 11) is 0. The molecule has 3 rings (SSSR count). The Morgan fingerprint density at radius 1 is 1.07 bits per heavy atom. The van der Waals surface area contributed by atoms with Gasteiger partial charge in [-0.1, -0.05) is 6.92 Å². The van der Waals surface area contributed by atoms with Gasteiger partial charge in [0.25, 0.3) is 5.91 Å². The monoisotopic (exact) mass is 391 g/mol. The third-order valence-electron chi connectivity index (χ3n) is 4.70. The summed E-state index contributed by atoms with van der Waals surface area (Å²) in [5.41, 5.74) is 0.694. The van der Waals surface area contributed by atoms with E-state index in [4.69, 9.17) is 0 Å². The third kappa shape index (κ3) is 3.21. The van der Waals surface area contributed by atoms with Crippen LogP contribution in [-0.2, 0) is 11.2 Å². The van der Waals surface area contributed by atoms with E-state index in [1.807, 2.05) is 0 Å². The largest absolute Gasteiger partial charge is 0.505 e. The molecule has 146 valence electrons. The first-order valence-corrected chi connectivity index (χ1v) is 8.36. The minimum atomic E-state index is -1.21. The average molecular weight is 391 g/mol. The molecule has 0 radical (unpaired) electrons.